The Balaban J connectivity index is 1.90. The van der Waals surface area contributed by atoms with Crippen molar-refractivity contribution in [2.45, 2.75) is 39.8 Å². The molecule has 0 bridgehead atoms. The molecule has 0 aromatic heterocycles. The molecule has 6 heteroatoms. The predicted molar refractivity (Wildman–Crippen MR) is 128 cm³/mol. The van der Waals surface area contributed by atoms with Crippen molar-refractivity contribution in [2.24, 2.45) is 9.98 Å². The summed E-state index contributed by atoms with van der Waals surface area (Å²) < 4.78 is 0. The number of aliphatic imine (C=N–C) groups is 2. The SMILES string of the molecule is CC(C)N(C)c1ccc(C=NCCN=Cc2ccc(N(C)C(C)C)cc2O)c(O)c1. The fourth-order valence-electron chi connectivity index (χ4n) is 2.76. The minimum absolute atomic E-state index is 0.212. The van der Waals surface area contributed by atoms with Crippen molar-refractivity contribution in [1.29, 1.82) is 0 Å². The molecule has 30 heavy (non-hydrogen) atoms. The molecule has 0 saturated heterocycles. The number of hydrogen-bond donors (Lipinski definition) is 2. The van der Waals surface area contributed by atoms with Crippen LogP contribution in [0, 0.1) is 0 Å². The van der Waals surface area contributed by atoms with Gasteiger partial charge in [-0.3, -0.25) is 9.98 Å². The highest BCUT2D eigenvalue weighted by atomic mass is 16.3. The topological polar surface area (TPSA) is 71.7 Å². The first kappa shape index (κ1) is 23.3. The zero-order valence-electron chi connectivity index (χ0n) is 18.9. The van der Waals surface area contributed by atoms with Crippen LogP contribution in [0.3, 0.4) is 0 Å². The number of aromatic hydroxyl groups is 2. The van der Waals surface area contributed by atoms with Gasteiger partial charge >= 0.3 is 0 Å². The first-order chi connectivity index (χ1) is 14.2. The fraction of sp³-hybridized carbons (Fsp3) is 0.417. The molecule has 0 aliphatic carbocycles. The predicted octanol–water partition coefficient (Wildman–Crippen LogP) is 4.33. The van der Waals surface area contributed by atoms with Gasteiger partial charge in [-0.1, -0.05) is 0 Å². The molecule has 0 fully saturated rings. The molecular weight excluding hydrogens is 376 g/mol. The maximum Gasteiger partial charge on any atom is 0.126 e. The van der Waals surface area contributed by atoms with Gasteiger partial charge in [0.25, 0.3) is 0 Å². The third-order valence-corrected chi connectivity index (χ3v) is 5.21. The van der Waals surface area contributed by atoms with E-state index in [1.54, 1.807) is 24.6 Å². The first-order valence-corrected chi connectivity index (χ1v) is 10.3. The maximum absolute atomic E-state index is 10.2. The van der Waals surface area contributed by atoms with Crippen molar-refractivity contribution in [3.63, 3.8) is 0 Å². The molecule has 2 N–H and O–H groups in total. The van der Waals surface area contributed by atoms with Crippen molar-refractivity contribution in [3.8, 4) is 11.5 Å². The lowest BCUT2D eigenvalue weighted by atomic mass is 10.1. The van der Waals surface area contributed by atoms with Crippen molar-refractivity contribution in [2.75, 3.05) is 37.0 Å². The summed E-state index contributed by atoms with van der Waals surface area (Å²) in [5.74, 6) is 0.423. The van der Waals surface area contributed by atoms with E-state index in [9.17, 15) is 10.2 Å². The molecule has 0 unspecified atom stereocenters. The summed E-state index contributed by atoms with van der Waals surface area (Å²) in [6.45, 7) is 9.41. The van der Waals surface area contributed by atoms with E-state index in [1.165, 1.54) is 0 Å². The number of nitrogens with zero attached hydrogens (tertiary/aromatic N) is 4. The summed E-state index contributed by atoms with van der Waals surface area (Å²) in [6, 6.07) is 11.9. The Kier molecular flexibility index (Phi) is 8.27. The first-order valence-electron chi connectivity index (χ1n) is 10.3. The summed E-state index contributed by atoms with van der Waals surface area (Å²) in [5.41, 5.74) is 3.30. The average Bonchev–Trinajstić information content (AvgIpc) is 2.71. The van der Waals surface area contributed by atoms with Gasteiger partial charge in [0, 0.05) is 73.2 Å². The number of rotatable bonds is 9. The van der Waals surface area contributed by atoms with Crippen LogP contribution < -0.4 is 9.80 Å². The Morgan fingerprint density at radius 1 is 0.733 bits per heavy atom. The van der Waals surface area contributed by atoms with Gasteiger partial charge in [-0.15, -0.1) is 0 Å². The van der Waals surface area contributed by atoms with Crippen LogP contribution >= 0.6 is 0 Å². The third-order valence-electron chi connectivity index (χ3n) is 5.21. The van der Waals surface area contributed by atoms with Crippen molar-refractivity contribution in [1.82, 2.24) is 0 Å². The van der Waals surface area contributed by atoms with Crippen LogP contribution in [0.25, 0.3) is 0 Å². The van der Waals surface area contributed by atoms with E-state index in [0.717, 1.165) is 11.4 Å². The monoisotopic (exact) mass is 410 g/mol. The van der Waals surface area contributed by atoms with Gasteiger partial charge in [-0.2, -0.15) is 0 Å². The molecule has 2 aromatic rings. The van der Waals surface area contributed by atoms with E-state index in [1.807, 2.05) is 38.4 Å². The quantitative estimate of drug-likeness (QED) is 0.477. The second-order valence-corrected chi connectivity index (χ2v) is 7.97. The van der Waals surface area contributed by atoms with Crippen LogP contribution in [0.2, 0.25) is 0 Å². The van der Waals surface area contributed by atoms with E-state index in [2.05, 4.69) is 47.5 Å². The lowest BCUT2D eigenvalue weighted by Gasteiger charge is -2.24. The number of phenols is 2. The van der Waals surface area contributed by atoms with Crippen LogP contribution in [-0.2, 0) is 0 Å². The number of anilines is 2. The Morgan fingerprint density at radius 2 is 1.10 bits per heavy atom. The summed E-state index contributed by atoms with van der Waals surface area (Å²) in [4.78, 5) is 12.9. The second-order valence-electron chi connectivity index (χ2n) is 7.97. The van der Waals surface area contributed by atoms with Gasteiger partial charge < -0.3 is 20.0 Å². The highest BCUT2D eigenvalue weighted by Gasteiger charge is 2.08. The Hall–Kier alpha value is -3.02. The number of benzene rings is 2. The number of hydrogen-bond acceptors (Lipinski definition) is 6. The maximum atomic E-state index is 10.2. The van der Waals surface area contributed by atoms with E-state index in [0.29, 0.717) is 36.3 Å². The van der Waals surface area contributed by atoms with Gasteiger partial charge in [0.2, 0.25) is 0 Å². The molecule has 0 radical (unpaired) electrons. The van der Waals surface area contributed by atoms with E-state index in [-0.39, 0.29) is 11.5 Å². The minimum atomic E-state index is 0.212. The van der Waals surface area contributed by atoms with E-state index in [4.69, 9.17) is 0 Å². The van der Waals surface area contributed by atoms with Gasteiger partial charge in [0.1, 0.15) is 11.5 Å². The molecule has 6 nitrogen and oxygen atoms in total. The smallest absolute Gasteiger partial charge is 0.126 e. The Labute approximate surface area is 180 Å². The highest BCUT2D eigenvalue weighted by molar-refractivity contribution is 5.85. The standard InChI is InChI=1S/C24H34N4O2/c1-17(2)27(5)21-9-7-19(23(29)13-21)15-25-11-12-26-16-20-8-10-22(14-24(20)30)28(6)18(3)4/h7-10,13-18,29-30H,11-12H2,1-6H3. The molecule has 0 amide bonds. The molecule has 2 aromatic carbocycles. The molecule has 0 aliphatic heterocycles. The average molecular weight is 411 g/mol. The zero-order chi connectivity index (χ0) is 22.3. The zero-order valence-corrected chi connectivity index (χ0v) is 18.9. The molecule has 162 valence electrons. The van der Waals surface area contributed by atoms with E-state index < -0.39 is 0 Å². The summed E-state index contributed by atoms with van der Waals surface area (Å²) in [6.07, 6.45) is 3.33. The minimum Gasteiger partial charge on any atom is -0.507 e. The third kappa shape index (κ3) is 6.24. The van der Waals surface area contributed by atoms with Crippen molar-refractivity contribution < 1.29 is 10.2 Å². The molecule has 0 aliphatic rings. The number of phenolic OH excluding ortho intramolecular Hbond substituents is 2. The molecule has 0 spiro atoms. The van der Waals surface area contributed by atoms with Gasteiger partial charge in [0.15, 0.2) is 0 Å². The normalized spacial score (nSPS) is 11.9. The summed E-state index contributed by atoms with van der Waals surface area (Å²) in [5, 5.41) is 20.4. The van der Waals surface area contributed by atoms with Crippen LogP contribution in [0.5, 0.6) is 11.5 Å². The highest BCUT2D eigenvalue weighted by Crippen LogP contribution is 2.25. The fourth-order valence-corrected chi connectivity index (χ4v) is 2.76. The largest absolute Gasteiger partial charge is 0.507 e. The van der Waals surface area contributed by atoms with Gasteiger partial charge in [-0.05, 0) is 52.0 Å². The molecule has 0 saturated carbocycles. The van der Waals surface area contributed by atoms with Gasteiger partial charge in [-0.25, -0.2) is 0 Å². The molecule has 0 atom stereocenters. The van der Waals surface area contributed by atoms with Crippen LogP contribution in [0.1, 0.15) is 38.8 Å². The van der Waals surface area contributed by atoms with Crippen LogP contribution in [0.15, 0.2) is 46.4 Å². The molecular formula is C24H34N4O2. The van der Waals surface area contributed by atoms with Crippen LogP contribution in [0.4, 0.5) is 11.4 Å². The summed E-state index contributed by atoms with van der Waals surface area (Å²) in [7, 11) is 4.00. The lowest BCUT2D eigenvalue weighted by molar-refractivity contribution is 0.473. The Morgan fingerprint density at radius 3 is 1.40 bits per heavy atom. The van der Waals surface area contributed by atoms with Crippen LogP contribution in [-0.4, -0.2) is 61.9 Å². The Bertz CT molecular complexity index is 817. The molecule has 0 heterocycles. The van der Waals surface area contributed by atoms with Gasteiger partial charge in [0.05, 0.1) is 13.1 Å². The summed E-state index contributed by atoms with van der Waals surface area (Å²) >= 11 is 0. The molecule has 2 rings (SSSR count). The lowest BCUT2D eigenvalue weighted by Crippen LogP contribution is -2.25. The second kappa shape index (κ2) is 10.7. The van der Waals surface area contributed by atoms with Crippen molar-refractivity contribution in [3.05, 3.63) is 47.5 Å². The van der Waals surface area contributed by atoms with E-state index >= 15 is 0 Å². The van der Waals surface area contributed by atoms with Crippen molar-refractivity contribution >= 4 is 23.8 Å².